The molecule has 2 amide bonds. The minimum atomic E-state index is -0.454. The van der Waals surface area contributed by atoms with Gasteiger partial charge in [0.1, 0.15) is 0 Å². The van der Waals surface area contributed by atoms with Crippen LogP contribution in [-0.2, 0) is 15.1 Å². The van der Waals surface area contributed by atoms with Gasteiger partial charge in [0.25, 0.3) is 0 Å². The van der Waals surface area contributed by atoms with Gasteiger partial charge in [-0.05, 0) is 57.2 Å². The minimum absolute atomic E-state index is 0.0372. The quantitative estimate of drug-likeness (QED) is 0.798. The van der Waals surface area contributed by atoms with E-state index in [0.717, 1.165) is 32.2 Å². The van der Waals surface area contributed by atoms with Crippen molar-refractivity contribution >= 4 is 11.8 Å². The number of hydrogen-bond donors (Lipinski definition) is 1. The van der Waals surface area contributed by atoms with Crippen molar-refractivity contribution < 1.29 is 9.59 Å². The Morgan fingerprint density at radius 1 is 1.14 bits per heavy atom. The van der Waals surface area contributed by atoms with Crippen molar-refractivity contribution in [3.63, 3.8) is 0 Å². The van der Waals surface area contributed by atoms with Crippen molar-refractivity contribution in [2.75, 3.05) is 34.2 Å². The van der Waals surface area contributed by atoms with Crippen molar-refractivity contribution in [2.45, 2.75) is 57.9 Å². The molecule has 0 atom stereocenters. The average Bonchev–Trinajstić information content (AvgIpc) is 3.02. The highest BCUT2D eigenvalue weighted by Gasteiger charge is 2.50. The van der Waals surface area contributed by atoms with Crippen molar-refractivity contribution in [3.05, 3.63) is 35.9 Å². The predicted octanol–water partition coefficient (Wildman–Crippen LogP) is 3.40. The van der Waals surface area contributed by atoms with E-state index in [1.165, 1.54) is 5.56 Å². The molecule has 1 aromatic rings. The molecule has 1 saturated carbocycles. The van der Waals surface area contributed by atoms with E-state index in [1.54, 1.807) is 7.05 Å². The van der Waals surface area contributed by atoms with E-state index in [2.05, 4.69) is 54.6 Å². The third-order valence-electron chi connectivity index (χ3n) is 7.56. The number of carbonyl (C=O) groups is 2. The molecule has 0 aromatic heterocycles. The van der Waals surface area contributed by atoms with Gasteiger partial charge >= 0.3 is 0 Å². The van der Waals surface area contributed by atoms with Gasteiger partial charge in [-0.2, -0.15) is 0 Å². The summed E-state index contributed by atoms with van der Waals surface area (Å²) in [5.41, 5.74) is 1.09. The Hall–Kier alpha value is -1.88. The fraction of sp³-hybridized carbons (Fsp3) is 0.667. The highest BCUT2D eigenvalue weighted by atomic mass is 16.2. The number of rotatable bonds is 6. The number of benzene rings is 1. The maximum absolute atomic E-state index is 12.8. The summed E-state index contributed by atoms with van der Waals surface area (Å²) >= 11 is 0. The van der Waals surface area contributed by atoms with E-state index < -0.39 is 5.41 Å². The van der Waals surface area contributed by atoms with Crippen molar-refractivity contribution in [2.24, 2.45) is 10.8 Å². The molecule has 0 radical (unpaired) electrons. The summed E-state index contributed by atoms with van der Waals surface area (Å²) in [6.07, 6.45) is 5.65. The van der Waals surface area contributed by atoms with Crippen LogP contribution in [0.3, 0.4) is 0 Å². The zero-order chi connectivity index (χ0) is 21.3. The second-order valence-corrected chi connectivity index (χ2v) is 10.00. The Morgan fingerprint density at radius 2 is 1.76 bits per heavy atom. The number of hydrogen-bond acceptors (Lipinski definition) is 3. The summed E-state index contributed by atoms with van der Waals surface area (Å²) in [7, 11) is 6.03. The summed E-state index contributed by atoms with van der Waals surface area (Å²) in [6.45, 7) is 5.41. The number of nitrogens with one attached hydrogen (secondary N) is 1. The summed E-state index contributed by atoms with van der Waals surface area (Å²) in [5.74, 6) is 0.296. The number of amides is 2. The van der Waals surface area contributed by atoms with Gasteiger partial charge in [-0.1, -0.05) is 44.2 Å². The summed E-state index contributed by atoms with van der Waals surface area (Å²) in [6, 6.07) is 10.8. The van der Waals surface area contributed by atoms with E-state index in [4.69, 9.17) is 0 Å². The smallest absolute Gasteiger partial charge is 0.225 e. The van der Waals surface area contributed by atoms with Crippen LogP contribution in [0.25, 0.3) is 0 Å². The standard InChI is InChI=1S/C24H37N3O2/c1-22(2,21(29)25-3)15-16-27-18-23(17-20(27)28)11-13-24(14-12-23,26(4)5)19-9-7-6-8-10-19/h6-10H,11-18H2,1-5H3,(H,25,29). The van der Waals surface area contributed by atoms with Gasteiger partial charge in [0.05, 0.1) is 0 Å². The van der Waals surface area contributed by atoms with Crippen LogP contribution < -0.4 is 5.32 Å². The van der Waals surface area contributed by atoms with E-state index in [9.17, 15) is 9.59 Å². The van der Waals surface area contributed by atoms with Crippen LogP contribution in [-0.4, -0.2) is 55.8 Å². The molecule has 0 bridgehead atoms. The van der Waals surface area contributed by atoms with E-state index >= 15 is 0 Å². The molecule has 160 valence electrons. The van der Waals surface area contributed by atoms with Crippen LogP contribution in [0.15, 0.2) is 30.3 Å². The Balaban J connectivity index is 1.67. The predicted molar refractivity (Wildman–Crippen MR) is 116 cm³/mol. The fourth-order valence-corrected chi connectivity index (χ4v) is 5.32. The van der Waals surface area contributed by atoms with Crippen LogP contribution in [0.2, 0.25) is 0 Å². The molecular formula is C24H37N3O2. The van der Waals surface area contributed by atoms with Crippen molar-refractivity contribution in [3.8, 4) is 0 Å². The van der Waals surface area contributed by atoms with Gasteiger partial charge in [0.2, 0.25) is 11.8 Å². The average molecular weight is 400 g/mol. The maximum atomic E-state index is 12.8. The lowest BCUT2D eigenvalue weighted by atomic mass is 9.64. The van der Waals surface area contributed by atoms with Gasteiger partial charge in [-0.3, -0.25) is 14.5 Å². The normalized spacial score (nSPS) is 27.7. The van der Waals surface area contributed by atoms with Crippen molar-refractivity contribution in [1.82, 2.24) is 15.1 Å². The molecule has 1 spiro atoms. The molecule has 1 aliphatic carbocycles. The van der Waals surface area contributed by atoms with Gasteiger partial charge in [0.15, 0.2) is 0 Å². The first-order valence-corrected chi connectivity index (χ1v) is 10.9. The lowest BCUT2D eigenvalue weighted by molar-refractivity contribution is -0.132. The molecule has 1 saturated heterocycles. The SMILES string of the molecule is CNC(=O)C(C)(C)CCN1CC2(CCC(c3ccccc3)(N(C)C)CC2)CC1=O. The molecule has 29 heavy (non-hydrogen) atoms. The molecule has 5 heteroatoms. The topological polar surface area (TPSA) is 52.7 Å². The van der Waals surface area contributed by atoms with Crippen LogP contribution in [0.5, 0.6) is 0 Å². The van der Waals surface area contributed by atoms with E-state index in [0.29, 0.717) is 19.4 Å². The minimum Gasteiger partial charge on any atom is -0.359 e. The monoisotopic (exact) mass is 399 g/mol. The largest absolute Gasteiger partial charge is 0.359 e. The summed E-state index contributed by atoms with van der Waals surface area (Å²) in [5, 5.41) is 2.74. The second kappa shape index (κ2) is 8.10. The van der Waals surface area contributed by atoms with Gasteiger partial charge in [0, 0.05) is 37.5 Å². The first-order chi connectivity index (χ1) is 13.6. The van der Waals surface area contributed by atoms with Crippen LogP contribution in [0.4, 0.5) is 0 Å². The highest BCUT2D eigenvalue weighted by molar-refractivity contribution is 5.82. The van der Waals surface area contributed by atoms with Gasteiger partial charge in [-0.25, -0.2) is 0 Å². The zero-order valence-corrected chi connectivity index (χ0v) is 18.8. The number of carbonyl (C=O) groups excluding carboxylic acids is 2. The lowest BCUT2D eigenvalue weighted by Crippen LogP contribution is -2.47. The maximum Gasteiger partial charge on any atom is 0.225 e. The molecule has 3 rings (SSSR count). The highest BCUT2D eigenvalue weighted by Crippen LogP contribution is 2.52. The molecule has 2 aliphatic rings. The number of likely N-dealkylation sites (tertiary alicyclic amines) is 1. The summed E-state index contributed by atoms with van der Waals surface area (Å²) < 4.78 is 0. The molecule has 2 fully saturated rings. The Bertz CT molecular complexity index is 734. The van der Waals surface area contributed by atoms with Crippen LogP contribution in [0, 0.1) is 10.8 Å². The molecule has 5 nitrogen and oxygen atoms in total. The molecule has 1 aromatic carbocycles. The molecule has 1 N–H and O–H groups in total. The Kier molecular flexibility index (Phi) is 6.09. The Labute approximate surface area is 175 Å². The molecule has 1 heterocycles. The molecular weight excluding hydrogens is 362 g/mol. The van der Waals surface area contributed by atoms with Gasteiger partial charge in [-0.15, -0.1) is 0 Å². The summed E-state index contributed by atoms with van der Waals surface area (Å²) in [4.78, 5) is 29.2. The van der Waals surface area contributed by atoms with Crippen molar-refractivity contribution in [1.29, 1.82) is 0 Å². The van der Waals surface area contributed by atoms with E-state index in [1.807, 2.05) is 18.7 Å². The third-order valence-corrected chi connectivity index (χ3v) is 7.56. The third kappa shape index (κ3) is 4.20. The fourth-order valence-electron chi connectivity index (χ4n) is 5.32. The first kappa shape index (κ1) is 21.8. The molecule has 1 aliphatic heterocycles. The second-order valence-electron chi connectivity index (χ2n) is 10.00. The lowest BCUT2D eigenvalue weighted by Gasteiger charge is -2.49. The van der Waals surface area contributed by atoms with Crippen LogP contribution >= 0.6 is 0 Å². The Morgan fingerprint density at radius 3 is 2.31 bits per heavy atom. The van der Waals surface area contributed by atoms with Gasteiger partial charge < -0.3 is 10.2 Å². The number of nitrogens with zero attached hydrogens (tertiary/aromatic N) is 2. The van der Waals surface area contributed by atoms with Crippen LogP contribution in [0.1, 0.15) is 57.9 Å². The molecule has 0 unspecified atom stereocenters. The van der Waals surface area contributed by atoms with E-state index in [-0.39, 0.29) is 22.8 Å². The first-order valence-electron chi connectivity index (χ1n) is 10.9. The zero-order valence-electron chi connectivity index (χ0n) is 18.8.